The number of amides is 1. The molecule has 0 bridgehead atoms. The molecule has 1 aliphatic heterocycles. The summed E-state index contributed by atoms with van der Waals surface area (Å²) in [7, 11) is 0. The normalized spacial score (nSPS) is 16.9. The average Bonchev–Trinajstić information content (AvgIpc) is 2.75. The summed E-state index contributed by atoms with van der Waals surface area (Å²) in [6.45, 7) is 8.31. The van der Waals surface area contributed by atoms with Crippen LogP contribution in [0.2, 0.25) is 10.0 Å². The summed E-state index contributed by atoms with van der Waals surface area (Å²) in [5, 5.41) is 3.70. The minimum Gasteiger partial charge on any atom is -0.479 e. The molecule has 3 rings (SSSR count). The Balaban J connectivity index is 1.43. The minimum atomic E-state index is -0.659. The molecule has 1 heterocycles. The van der Waals surface area contributed by atoms with E-state index in [1.165, 1.54) is 5.69 Å². The summed E-state index contributed by atoms with van der Waals surface area (Å²) in [5.41, 5.74) is 1.26. The van der Waals surface area contributed by atoms with E-state index in [1.54, 1.807) is 25.1 Å². The molecule has 5 nitrogen and oxygen atoms in total. The summed E-state index contributed by atoms with van der Waals surface area (Å²) in [6.07, 6.45) is -0.659. The molecule has 1 aliphatic rings. The van der Waals surface area contributed by atoms with E-state index in [1.807, 2.05) is 6.07 Å². The smallest absolute Gasteiger partial charge is 0.260 e. The Morgan fingerprint density at radius 2 is 1.72 bits per heavy atom. The van der Waals surface area contributed by atoms with Gasteiger partial charge in [0.05, 0.1) is 5.02 Å². The van der Waals surface area contributed by atoms with Gasteiger partial charge in [-0.2, -0.15) is 0 Å². The first-order valence-corrected chi connectivity index (χ1v) is 10.6. The van der Waals surface area contributed by atoms with Gasteiger partial charge in [-0.25, -0.2) is 0 Å². The number of carbonyl (C=O) groups excluding carboxylic acids is 1. The number of benzene rings is 2. The fourth-order valence-electron chi connectivity index (χ4n) is 3.40. The number of anilines is 1. The maximum Gasteiger partial charge on any atom is 0.260 e. The standard InChI is InChI=1S/C22H27Cl2N3O2/c1-16(26-11-13-27(14-12-26)18-7-4-3-5-8-18)15-25-22(28)17(2)29-20-10-6-9-19(23)21(20)24/h3-10,16-17H,11-15H2,1-2H3,(H,25,28). The van der Waals surface area contributed by atoms with Crippen LogP contribution in [0, 0.1) is 0 Å². The second-order valence-corrected chi connectivity index (χ2v) is 8.05. The van der Waals surface area contributed by atoms with Gasteiger partial charge in [0.25, 0.3) is 5.91 Å². The largest absolute Gasteiger partial charge is 0.479 e. The molecule has 1 amide bonds. The molecule has 2 unspecified atom stereocenters. The van der Waals surface area contributed by atoms with Gasteiger partial charge in [-0.05, 0) is 38.1 Å². The zero-order valence-corrected chi connectivity index (χ0v) is 18.3. The predicted molar refractivity (Wildman–Crippen MR) is 119 cm³/mol. The second kappa shape index (κ2) is 10.2. The quantitative estimate of drug-likeness (QED) is 0.711. The van der Waals surface area contributed by atoms with Crippen LogP contribution >= 0.6 is 23.2 Å². The van der Waals surface area contributed by atoms with Crippen molar-refractivity contribution in [3.63, 3.8) is 0 Å². The van der Waals surface area contributed by atoms with Crippen molar-refractivity contribution in [1.29, 1.82) is 0 Å². The Morgan fingerprint density at radius 3 is 2.41 bits per heavy atom. The monoisotopic (exact) mass is 435 g/mol. The molecule has 0 radical (unpaired) electrons. The van der Waals surface area contributed by atoms with Crippen LogP contribution in [0.1, 0.15) is 13.8 Å². The van der Waals surface area contributed by atoms with E-state index in [0.29, 0.717) is 22.3 Å². The molecule has 1 fully saturated rings. The van der Waals surface area contributed by atoms with Gasteiger partial charge in [0.1, 0.15) is 10.8 Å². The Labute approximate surface area is 182 Å². The van der Waals surface area contributed by atoms with Crippen LogP contribution in [0.25, 0.3) is 0 Å². The fourth-order valence-corrected chi connectivity index (χ4v) is 3.74. The highest BCUT2D eigenvalue weighted by Gasteiger charge is 2.23. The van der Waals surface area contributed by atoms with Crippen molar-refractivity contribution in [1.82, 2.24) is 10.2 Å². The molecule has 0 aromatic heterocycles. The number of rotatable bonds is 7. The van der Waals surface area contributed by atoms with Gasteiger partial charge in [-0.15, -0.1) is 0 Å². The van der Waals surface area contributed by atoms with Crippen LogP contribution in [0.3, 0.4) is 0 Å². The molecule has 1 N–H and O–H groups in total. The highest BCUT2D eigenvalue weighted by atomic mass is 35.5. The van der Waals surface area contributed by atoms with Crippen molar-refractivity contribution >= 4 is 34.8 Å². The summed E-state index contributed by atoms with van der Waals surface area (Å²) >= 11 is 12.1. The van der Waals surface area contributed by atoms with Crippen LogP contribution in [0.5, 0.6) is 5.75 Å². The number of nitrogens with zero attached hydrogens (tertiary/aromatic N) is 2. The highest BCUT2D eigenvalue weighted by Crippen LogP contribution is 2.32. The number of halogens is 2. The topological polar surface area (TPSA) is 44.8 Å². The molecule has 0 saturated carbocycles. The first-order chi connectivity index (χ1) is 14.0. The Hall–Kier alpha value is -1.95. The molecule has 0 spiro atoms. The molecule has 2 aromatic carbocycles. The number of hydrogen-bond donors (Lipinski definition) is 1. The van der Waals surface area contributed by atoms with Crippen LogP contribution in [-0.4, -0.2) is 55.7 Å². The van der Waals surface area contributed by atoms with Crippen molar-refractivity contribution in [3.8, 4) is 5.75 Å². The van der Waals surface area contributed by atoms with E-state index in [9.17, 15) is 4.79 Å². The lowest BCUT2D eigenvalue weighted by Crippen LogP contribution is -2.53. The molecule has 0 aliphatic carbocycles. The lowest BCUT2D eigenvalue weighted by molar-refractivity contribution is -0.127. The number of hydrogen-bond acceptors (Lipinski definition) is 4. The maximum absolute atomic E-state index is 12.4. The van der Waals surface area contributed by atoms with E-state index >= 15 is 0 Å². The predicted octanol–water partition coefficient (Wildman–Crippen LogP) is 4.09. The van der Waals surface area contributed by atoms with Crippen molar-refractivity contribution in [2.24, 2.45) is 0 Å². The zero-order valence-electron chi connectivity index (χ0n) is 16.8. The zero-order chi connectivity index (χ0) is 20.8. The second-order valence-electron chi connectivity index (χ2n) is 7.26. The van der Waals surface area contributed by atoms with Gasteiger partial charge in [-0.1, -0.05) is 47.5 Å². The third-order valence-electron chi connectivity index (χ3n) is 5.22. The number of para-hydroxylation sites is 1. The van der Waals surface area contributed by atoms with Crippen molar-refractivity contribution in [3.05, 3.63) is 58.6 Å². The van der Waals surface area contributed by atoms with Crippen LogP contribution in [0.15, 0.2) is 48.5 Å². The van der Waals surface area contributed by atoms with Crippen molar-refractivity contribution in [2.75, 3.05) is 37.6 Å². The molecule has 156 valence electrons. The summed E-state index contributed by atoms with van der Waals surface area (Å²) in [6, 6.07) is 15.8. The molecule has 2 atom stereocenters. The van der Waals surface area contributed by atoms with E-state index < -0.39 is 6.10 Å². The van der Waals surface area contributed by atoms with Gasteiger partial charge in [-0.3, -0.25) is 9.69 Å². The molecule has 1 saturated heterocycles. The molecular weight excluding hydrogens is 409 g/mol. The lowest BCUT2D eigenvalue weighted by atomic mass is 10.2. The number of carbonyl (C=O) groups is 1. The van der Waals surface area contributed by atoms with Crippen LogP contribution in [-0.2, 0) is 4.79 Å². The third-order valence-corrected chi connectivity index (χ3v) is 6.02. The van der Waals surface area contributed by atoms with Crippen molar-refractivity contribution in [2.45, 2.75) is 26.0 Å². The van der Waals surface area contributed by atoms with E-state index in [-0.39, 0.29) is 11.9 Å². The Kier molecular flexibility index (Phi) is 7.64. The summed E-state index contributed by atoms with van der Waals surface area (Å²) in [5.74, 6) is 0.239. The first-order valence-electron chi connectivity index (χ1n) is 9.88. The third kappa shape index (κ3) is 5.78. The molecule has 29 heavy (non-hydrogen) atoms. The van der Waals surface area contributed by atoms with Gasteiger partial charge in [0.2, 0.25) is 0 Å². The number of nitrogens with one attached hydrogen (secondary N) is 1. The van der Waals surface area contributed by atoms with E-state index in [4.69, 9.17) is 27.9 Å². The minimum absolute atomic E-state index is 0.171. The van der Waals surface area contributed by atoms with Gasteiger partial charge in [0.15, 0.2) is 6.10 Å². The number of piperazine rings is 1. The van der Waals surface area contributed by atoms with E-state index in [0.717, 1.165) is 26.2 Å². The van der Waals surface area contributed by atoms with Crippen molar-refractivity contribution < 1.29 is 9.53 Å². The molecular formula is C22H27Cl2N3O2. The maximum atomic E-state index is 12.4. The van der Waals surface area contributed by atoms with Gasteiger partial charge in [0, 0.05) is 44.5 Å². The van der Waals surface area contributed by atoms with E-state index in [2.05, 4.69) is 46.3 Å². The van der Waals surface area contributed by atoms with Gasteiger partial charge < -0.3 is 15.0 Å². The molecule has 7 heteroatoms. The average molecular weight is 436 g/mol. The van der Waals surface area contributed by atoms with Gasteiger partial charge >= 0.3 is 0 Å². The summed E-state index contributed by atoms with van der Waals surface area (Å²) < 4.78 is 5.68. The SMILES string of the molecule is CC(Oc1cccc(Cl)c1Cl)C(=O)NCC(C)N1CCN(c2ccccc2)CC1. The van der Waals surface area contributed by atoms with Crippen LogP contribution in [0.4, 0.5) is 5.69 Å². The summed E-state index contributed by atoms with van der Waals surface area (Å²) in [4.78, 5) is 17.2. The highest BCUT2D eigenvalue weighted by molar-refractivity contribution is 6.42. The molecule has 2 aromatic rings. The number of ether oxygens (including phenoxy) is 1. The fraction of sp³-hybridized carbons (Fsp3) is 0.409. The lowest BCUT2D eigenvalue weighted by Gasteiger charge is -2.39. The Bertz CT molecular complexity index is 811. The first kappa shape index (κ1) is 21.8. The Morgan fingerprint density at radius 1 is 1.03 bits per heavy atom. The van der Waals surface area contributed by atoms with Crippen LogP contribution < -0.4 is 15.0 Å².